The molecule has 15 nitrogen and oxygen atoms in total. The summed E-state index contributed by atoms with van der Waals surface area (Å²) in [5.41, 5.74) is 4.65. The second-order valence-electron chi connectivity index (χ2n) is 9.87. The SMILES string of the molecule is Cc1cc2cc(CC3=C(C(=O)[O-])N4C(=O)C(NC(=O)C(=NOC(C)(C)C(=O)O)c5cc(N)on5)[C@H]4SC3)[nH+]cc2o1. The molecular formula is C25H24N6O9S. The summed E-state index contributed by atoms with van der Waals surface area (Å²) >= 11 is 1.26. The molecular weight excluding hydrogens is 560 g/mol. The molecule has 0 aliphatic carbocycles. The molecule has 0 saturated carbocycles. The van der Waals surface area contributed by atoms with Crippen LogP contribution in [0.3, 0.4) is 0 Å². The summed E-state index contributed by atoms with van der Waals surface area (Å²) in [7, 11) is 0. The van der Waals surface area contributed by atoms with Gasteiger partial charge in [-0.05, 0) is 32.4 Å². The Hall–Kier alpha value is -4.86. The number of aromatic amines is 1. The highest BCUT2D eigenvalue weighted by atomic mass is 32.2. The number of rotatable bonds is 9. The summed E-state index contributed by atoms with van der Waals surface area (Å²) in [5.74, 6) is -3.66. The van der Waals surface area contributed by atoms with E-state index in [-0.39, 0.29) is 29.4 Å². The van der Waals surface area contributed by atoms with Gasteiger partial charge in [0, 0.05) is 23.3 Å². The van der Waals surface area contributed by atoms with Crippen molar-refractivity contribution in [1.82, 2.24) is 15.4 Å². The number of aryl methyl sites for hydroxylation is 1. The number of hydrogen-bond acceptors (Lipinski definition) is 12. The number of thioether (sulfide) groups is 1. The van der Waals surface area contributed by atoms with Crippen LogP contribution in [0.1, 0.15) is 31.0 Å². The number of fused-ring (bicyclic) bond motifs is 2. The highest BCUT2D eigenvalue weighted by Crippen LogP contribution is 2.41. The largest absolute Gasteiger partial charge is 0.543 e. The average Bonchev–Trinajstić information content (AvgIpc) is 3.50. The molecule has 0 radical (unpaired) electrons. The number of aromatic nitrogens is 2. The van der Waals surface area contributed by atoms with Gasteiger partial charge in [0.1, 0.15) is 22.9 Å². The van der Waals surface area contributed by atoms with Gasteiger partial charge in [-0.3, -0.25) is 14.5 Å². The maximum atomic E-state index is 13.2. The number of carbonyl (C=O) groups excluding carboxylic acids is 3. The summed E-state index contributed by atoms with van der Waals surface area (Å²) in [5, 5.41) is 31.3. The molecule has 1 saturated heterocycles. The van der Waals surface area contributed by atoms with Crippen LogP contribution in [0, 0.1) is 6.92 Å². The van der Waals surface area contributed by atoms with Gasteiger partial charge in [-0.1, -0.05) is 10.3 Å². The van der Waals surface area contributed by atoms with Crippen LogP contribution < -0.4 is 21.1 Å². The van der Waals surface area contributed by atoms with E-state index in [2.05, 4.69) is 20.6 Å². The third-order valence-corrected chi connectivity index (χ3v) is 7.77. The van der Waals surface area contributed by atoms with E-state index in [0.29, 0.717) is 16.9 Å². The molecule has 16 heteroatoms. The van der Waals surface area contributed by atoms with Crippen LogP contribution in [0.5, 0.6) is 0 Å². The molecule has 1 unspecified atom stereocenters. The molecule has 0 bridgehead atoms. The number of oxime groups is 1. The zero-order valence-corrected chi connectivity index (χ0v) is 22.7. The third kappa shape index (κ3) is 5.20. The highest BCUT2D eigenvalue weighted by molar-refractivity contribution is 8.00. The first kappa shape index (κ1) is 27.7. The maximum Gasteiger partial charge on any atom is 0.350 e. The minimum atomic E-state index is -1.80. The standard InChI is InChI=1S/C25H24N6O9S/c1-10-4-11-5-13(27-8-15(11)38-10)6-12-9-41-22-18(21(33)31(22)19(12)23(34)35)28-20(32)17(14-7-16(26)39-29-14)30-40-25(2,3)24(36)37/h4-5,7-8,18,22H,6,9,26H2,1-3H3,(H,28,32)(H,34,35)(H,36,37)/t18?,22-/m1/s1. The van der Waals surface area contributed by atoms with E-state index in [1.165, 1.54) is 31.7 Å². The minimum absolute atomic E-state index is 0.151. The van der Waals surface area contributed by atoms with E-state index in [4.69, 9.17) is 19.5 Å². The Balaban J connectivity index is 1.36. The van der Waals surface area contributed by atoms with Crippen molar-refractivity contribution in [2.24, 2.45) is 5.16 Å². The number of carboxylic acid groups (broad SMARTS) is 2. The molecule has 214 valence electrons. The fourth-order valence-corrected chi connectivity index (χ4v) is 5.66. The van der Waals surface area contributed by atoms with Crippen molar-refractivity contribution in [3.8, 4) is 0 Å². The van der Waals surface area contributed by atoms with E-state index in [0.717, 1.165) is 16.0 Å². The van der Waals surface area contributed by atoms with Crippen LogP contribution >= 0.6 is 11.8 Å². The normalized spacial score (nSPS) is 19.1. The first-order valence-corrected chi connectivity index (χ1v) is 13.2. The Kier molecular flexibility index (Phi) is 6.94. The molecule has 1 fully saturated rings. The highest BCUT2D eigenvalue weighted by Gasteiger charge is 2.53. The van der Waals surface area contributed by atoms with Gasteiger partial charge in [-0.25, -0.2) is 9.78 Å². The van der Waals surface area contributed by atoms with Gasteiger partial charge in [-0.2, -0.15) is 0 Å². The lowest BCUT2D eigenvalue weighted by Gasteiger charge is -2.50. The molecule has 2 aliphatic rings. The Morgan fingerprint density at radius 2 is 2.12 bits per heavy atom. The number of carbonyl (C=O) groups is 4. The number of nitrogens with zero attached hydrogens (tertiary/aromatic N) is 3. The van der Waals surface area contributed by atoms with E-state index < -0.39 is 46.5 Å². The van der Waals surface area contributed by atoms with Crippen LogP contribution in [-0.2, 0) is 30.4 Å². The summed E-state index contributed by atoms with van der Waals surface area (Å²) in [4.78, 5) is 59.1. The van der Waals surface area contributed by atoms with Crippen molar-refractivity contribution in [2.45, 2.75) is 44.2 Å². The molecule has 3 aromatic heterocycles. The number of amides is 2. The number of H-pyrrole nitrogens is 1. The Morgan fingerprint density at radius 3 is 2.78 bits per heavy atom. The first-order chi connectivity index (χ1) is 19.4. The molecule has 3 aromatic rings. The van der Waals surface area contributed by atoms with Crippen LogP contribution in [0.2, 0.25) is 0 Å². The summed E-state index contributed by atoms with van der Waals surface area (Å²) in [6.07, 6.45) is 1.89. The van der Waals surface area contributed by atoms with Gasteiger partial charge in [0.25, 0.3) is 11.8 Å². The van der Waals surface area contributed by atoms with Gasteiger partial charge >= 0.3 is 5.97 Å². The van der Waals surface area contributed by atoms with Gasteiger partial charge in [0.2, 0.25) is 17.7 Å². The molecule has 2 atom stereocenters. The number of hydrogen-bond donors (Lipinski definition) is 3. The Morgan fingerprint density at radius 1 is 1.37 bits per heavy atom. The van der Waals surface area contributed by atoms with E-state index in [1.807, 2.05) is 19.1 Å². The quantitative estimate of drug-likeness (QED) is 0.162. The van der Waals surface area contributed by atoms with Gasteiger partial charge in [0.05, 0.1) is 18.1 Å². The molecule has 41 heavy (non-hydrogen) atoms. The number of anilines is 1. The van der Waals surface area contributed by atoms with Crippen LogP contribution in [0.15, 0.2) is 49.8 Å². The molecule has 2 amide bonds. The first-order valence-electron chi connectivity index (χ1n) is 12.2. The number of nitrogens with one attached hydrogen (secondary N) is 2. The molecule has 0 aromatic carbocycles. The lowest BCUT2D eigenvalue weighted by Crippen LogP contribution is -2.71. The molecule has 2 aliphatic heterocycles. The average molecular weight is 585 g/mol. The summed E-state index contributed by atoms with van der Waals surface area (Å²) in [6.45, 7) is 4.25. The monoisotopic (exact) mass is 584 g/mol. The second-order valence-corrected chi connectivity index (χ2v) is 11.0. The van der Waals surface area contributed by atoms with E-state index in [9.17, 15) is 29.4 Å². The van der Waals surface area contributed by atoms with Crippen molar-refractivity contribution in [3.63, 3.8) is 0 Å². The molecule has 5 heterocycles. The number of nitrogen functional groups attached to an aromatic ring is 1. The van der Waals surface area contributed by atoms with Crippen molar-refractivity contribution in [1.29, 1.82) is 0 Å². The Labute approximate surface area is 235 Å². The Bertz CT molecular complexity index is 1660. The summed E-state index contributed by atoms with van der Waals surface area (Å²) in [6, 6.07) is 3.75. The molecule has 5 rings (SSSR count). The number of carboxylic acids is 2. The second kappa shape index (κ2) is 10.3. The topological polar surface area (TPSA) is 228 Å². The number of furan rings is 1. The maximum absolute atomic E-state index is 13.2. The van der Waals surface area contributed by atoms with Crippen LogP contribution in [0.25, 0.3) is 11.0 Å². The lowest BCUT2D eigenvalue weighted by atomic mass is 10.00. The molecule has 0 spiro atoms. The van der Waals surface area contributed by atoms with Crippen molar-refractivity contribution >= 4 is 58.1 Å². The van der Waals surface area contributed by atoms with Crippen molar-refractivity contribution in [3.05, 3.63) is 52.8 Å². The van der Waals surface area contributed by atoms with Crippen LogP contribution in [0.4, 0.5) is 5.88 Å². The predicted octanol–water partition coefficient (Wildman–Crippen LogP) is -0.644. The lowest BCUT2D eigenvalue weighted by molar-refractivity contribution is -0.388. The zero-order chi connectivity index (χ0) is 29.6. The molecule has 5 N–H and O–H groups in total. The third-order valence-electron chi connectivity index (χ3n) is 6.43. The van der Waals surface area contributed by atoms with E-state index >= 15 is 0 Å². The van der Waals surface area contributed by atoms with Crippen LogP contribution in [-0.4, -0.2) is 67.4 Å². The van der Waals surface area contributed by atoms with E-state index in [1.54, 1.807) is 6.20 Å². The van der Waals surface area contributed by atoms with Crippen molar-refractivity contribution < 1.29 is 48.2 Å². The number of aliphatic carboxylic acids is 2. The van der Waals surface area contributed by atoms with Gasteiger partial charge in [-0.15, -0.1) is 11.8 Å². The smallest absolute Gasteiger partial charge is 0.350 e. The zero-order valence-electron chi connectivity index (χ0n) is 21.9. The van der Waals surface area contributed by atoms with Gasteiger partial charge < -0.3 is 39.8 Å². The van der Waals surface area contributed by atoms with Crippen molar-refractivity contribution in [2.75, 3.05) is 11.5 Å². The number of pyridine rings is 1. The summed E-state index contributed by atoms with van der Waals surface area (Å²) < 4.78 is 10.3. The fourth-order valence-electron chi connectivity index (χ4n) is 4.32. The number of nitrogens with two attached hydrogens (primary N) is 1. The predicted molar refractivity (Wildman–Crippen MR) is 139 cm³/mol. The van der Waals surface area contributed by atoms with Gasteiger partial charge in [0.15, 0.2) is 17.0 Å². The minimum Gasteiger partial charge on any atom is -0.543 e. The number of β-lactam (4-membered cyclic amide) rings is 1. The fraction of sp³-hybridized carbons (Fsp3) is 0.320.